The maximum Gasteiger partial charge on any atom is 0.337 e. The molecule has 18 heavy (non-hydrogen) atoms. The Labute approximate surface area is 105 Å². The van der Waals surface area contributed by atoms with Crippen LogP contribution >= 0.6 is 0 Å². The second-order valence-corrected chi connectivity index (χ2v) is 5.26. The summed E-state index contributed by atoms with van der Waals surface area (Å²) in [6.45, 7) is 4.78. The molecule has 0 saturated carbocycles. The molecule has 1 aromatic carbocycles. The van der Waals surface area contributed by atoms with Crippen LogP contribution < -0.4 is 10.6 Å². The Hall–Kier alpha value is -1.78. The number of halogens is 1. The van der Waals surface area contributed by atoms with E-state index in [4.69, 9.17) is 10.8 Å². The maximum absolute atomic E-state index is 14.0. The average Bonchev–Trinajstić information content (AvgIpc) is 2.58. The van der Waals surface area contributed by atoms with E-state index in [1.165, 1.54) is 6.07 Å². The number of hydrogen-bond donors (Lipinski definition) is 2. The Morgan fingerprint density at radius 2 is 2.17 bits per heavy atom. The molecule has 0 unspecified atom stereocenters. The van der Waals surface area contributed by atoms with E-state index in [1.54, 1.807) is 0 Å². The van der Waals surface area contributed by atoms with E-state index in [9.17, 15) is 9.18 Å². The van der Waals surface area contributed by atoms with Crippen molar-refractivity contribution in [3.05, 3.63) is 23.5 Å². The lowest BCUT2D eigenvalue weighted by atomic mass is 10.0. The number of nitrogens with zero attached hydrogens (tertiary/aromatic N) is 1. The van der Waals surface area contributed by atoms with Gasteiger partial charge in [0.25, 0.3) is 0 Å². The first-order valence-corrected chi connectivity index (χ1v) is 5.93. The Bertz CT molecular complexity index is 500. The monoisotopic (exact) mass is 252 g/mol. The number of rotatable bonds is 2. The van der Waals surface area contributed by atoms with Gasteiger partial charge in [0.2, 0.25) is 0 Å². The molecule has 0 aliphatic carbocycles. The molecule has 0 atom stereocenters. The van der Waals surface area contributed by atoms with E-state index < -0.39 is 11.8 Å². The van der Waals surface area contributed by atoms with E-state index in [0.29, 0.717) is 5.69 Å². The summed E-state index contributed by atoms with van der Waals surface area (Å²) in [5, 5.41) is 9.03. The highest BCUT2D eigenvalue weighted by Gasteiger charge is 2.34. The van der Waals surface area contributed by atoms with Crippen molar-refractivity contribution in [3.63, 3.8) is 0 Å². The molecule has 1 heterocycles. The number of benzene rings is 1. The zero-order valence-corrected chi connectivity index (χ0v) is 10.5. The normalized spacial score (nSPS) is 18.1. The van der Waals surface area contributed by atoms with E-state index >= 15 is 0 Å². The third kappa shape index (κ3) is 2.00. The summed E-state index contributed by atoms with van der Waals surface area (Å²) < 4.78 is 14.0. The molecule has 5 heteroatoms. The van der Waals surface area contributed by atoms with Gasteiger partial charge in [0.15, 0.2) is 0 Å². The fourth-order valence-electron chi connectivity index (χ4n) is 2.52. The van der Waals surface area contributed by atoms with Crippen molar-refractivity contribution in [2.75, 3.05) is 17.2 Å². The summed E-state index contributed by atoms with van der Waals surface area (Å²) in [5.41, 5.74) is 5.59. The highest BCUT2D eigenvalue weighted by atomic mass is 19.1. The highest BCUT2D eigenvalue weighted by Crippen LogP contribution is 2.36. The molecular weight excluding hydrogens is 235 g/mol. The van der Waals surface area contributed by atoms with Crippen molar-refractivity contribution in [3.8, 4) is 0 Å². The summed E-state index contributed by atoms with van der Waals surface area (Å²) >= 11 is 0. The number of aromatic carboxylic acids is 1. The zero-order valence-electron chi connectivity index (χ0n) is 10.5. The highest BCUT2D eigenvalue weighted by molar-refractivity contribution is 5.95. The van der Waals surface area contributed by atoms with Gasteiger partial charge in [0.1, 0.15) is 5.82 Å². The number of anilines is 2. The van der Waals surface area contributed by atoms with Crippen molar-refractivity contribution in [2.24, 2.45) is 0 Å². The van der Waals surface area contributed by atoms with Crippen LogP contribution in [-0.2, 0) is 0 Å². The van der Waals surface area contributed by atoms with Crippen LogP contribution in [0.3, 0.4) is 0 Å². The molecule has 2 rings (SSSR count). The van der Waals surface area contributed by atoms with Gasteiger partial charge in [-0.25, -0.2) is 9.18 Å². The maximum atomic E-state index is 14.0. The lowest BCUT2D eigenvalue weighted by Gasteiger charge is -2.34. The van der Waals surface area contributed by atoms with Crippen LogP contribution in [0.15, 0.2) is 12.1 Å². The third-order valence-corrected chi connectivity index (χ3v) is 3.54. The quantitative estimate of drug-likeness (QED) is 0.793. The zero-order chi connectivity index (χ0) is 13.5. The topological polar surface area (TPSA) is 66.6 Å². The van der Waals surface area contributed by atoms with Crippen LogP contribution in [0.4, 0.5) is 15.8 Å². The lowest BCUT2D eigenvalue weighted by molar-refractivity contribution is 0.0698. The molecule has 0 radical (unpaired) electrons. The van der Waals surface area contributed by atoms with Gasteiger partial charge < -0.3 is 15.7 Å². The minimum atomic E-state index is -1.13. The van der Waals surface area contributed by atoms with Crippen LogP contribution in [0.2, 0.25) is 0 Å². The van der Waals surface area contributed by atoms with Crippen LogP contribution in [0.25, 0.3) is 0 Å². The first-order valence-electron chi connectivity index (χ1n) is 5.93. The summed E-state index contributed by atoms with van der Waals surface area (Å²) in [5.74, 6) is -1.60. The molecule has 0 amide bonds. The van der Waals surface area contributed by atoms with E-state index in [1.807, 2.05) is 18.7 Å². The number of carbonyl (C=O) groups is 1. The molecule has 1 saturated heterocycles. The van der Waals surface area contributed by atoms with Crippen molar-refractivity contribution < 1.29 is 14.3 Å². The molecule has 0 spiro atoms. The minimum Gasteiger partial charge on any atom is -0.478 e. The first-order chi connectivity index (χ1) is 8.33. The molecule has 1 aliphatic rings. The number of hydrogen-bond acceptors (Lipinski definition) is 3. The molecule has 1 aliphatic heterocycles. The van der Waals surface area contributed by atoms with Crippen LogP contribution in [0.5, 0.6) is 0 Å². The molecule has 0 bridgehead atoms. The standard InChI is InChI=1S/C13H17FN2O2/c1-13(2)4-3-5-16(13)11-6-8(12(17)18)10(15)7-9(11)14/h6-7H,3-5,15H2,1-2H3,(H,17,18). The van der Waals surface area contributed by atoms with Gasteiger partial charge in [-0.3, -0.25) is 0 Å². The molecule has 1 aromatic rings. The third-order valence-electron chi connectivity index (χ3n) is 3.54. The molecule has 4 nitrogen and oxygen atoms in total. The number of nitrogens with two attached hydrogens (primary N) is 1. The summed E-state index contributed by atoms with van der Waals surface area (Å²) in [6.07, 6.45) is 1.93. The van der Waals surface area contributed by atoms with Crippen molar-refractivity contribution in [1.82, 2.24) is 0 Å². The van der Waals surface area contributed by atoms with Gasteiger partial charge in [0.05, 0.1) is 11.3 Å². The first kappa shape index (κ1) is 12.7. The number of carboxylic acids is 1. The fraction of sp³-hybridized carbons (Fsp3) is 0.462. The van der Waals surface area contributed by atoms with Gasteiger partial charge >= 0.3 is 5.97 Å². The number of carboxylic acid groups (broad SMARTS) is 1. The second kappa shape index (κ2) is 4.15. The fourth-order valence-corrected chi connectivity index (χ4v) is 2.52. The second-order valence-electron chi connectivity index (χ2n) is 5.26. The van der Waals surface area contributed by atoms with Crippen LogP contribution in [-0.4, -0.2) is 23.2 Å². The van der Waals surface area contributed by atoms with E-state index in [2.05, 4.69) is 0 Å². The van der Waals surface area contributed by atoms with Crippen molar-refractivity contribution >= 4 is 17.3 Å². The SMILES string of the molecule is CC1(C)CCCN1c1cc(C(=O)O)c(N)cc1F. The van der Waals surface area contributed by atoms with Crippen LogP contribution in [0.1, 0.15) is 37.0 Å². The van der Waals surface area contributed by atoms with Crippen molar-refractivity contribution in [1.29, 1.82) is 0 Å². The lowest BCUT2D eigenvalue weighted by Crippen LogP contribution is -2.38. The van der Waals surface area contributed by atoms with Gasteiger partial charge in [0, 0.05) is 17.8 Å². The molecule has 0 aromatic heterocycles. The Balaban J connectivity index is 2.51. The summed E-state index contributed by atoms with van der Waals surface area (Å²) in [6, 6.07) is 2.42. The molecule has 3 N–H and O–H groups in total. The van der Waals surface area contributed by atoms with Gasteiger partial charge in [-0.05, 0) is 38.8 Å². The molecule has 98 valence electrons. The number of nitrogen functional groups attached to an aromatic ring is 1. The van der Waals surface area contributed by atoms with Gasteiger partial charge in [-0.1, -0.05) is 0 Å². The predicted molar refractivity (Wildman–Crippen MR) is 68.4 cm³/mol. The van der Waals surface area contributed by atoms with Gasteiger partial charge in [-0.2, -0.15) is 0 Å². The molecular formula is C13H17FN2O2. The smallest absolute Gasteiger partial charge is 0.337 e. The molecule has 1 fully saturated rings. The van der Waals surface area contributed by atoms with E-state index in [-0.39, 0.29) is 16.8 Å². The summed E-state index contributed by atoms with van der Waals surface area (Å²) in [4.78, 5) is 13.0. The van der Waals surface area contributed by atoms with Gasteiger partial charge in [-0.15, -0.1) is 0 Å². The Morgan fingerprint density at radius 3 is 2.67 bits per heavy atom. The average molecular weight is 252 g/mol. The minimum absolute atomic E-state index is 0.0410. The summed E-state index contributed by atoms with van der Waals surface area (Å²) in [7, 11) is 0. The largest absolute Gasteiger partial charge is 0.478 e. The van der Waals surface area contributed by atoms with E-state index in [0.717, 1.165) is 25.5 Å². The Morgan fingerprint density at radius 1 is 1.50 bits per heavy atom. The van der Waals surface area contributed by atoms with Crippen LogP contribution in [0, 0.1) is 5.82 Å². The van der Waals surface area contributed by atoms with Crippen molar-refractivity contribution in [2.45, 2.75) is 32.2 Å². The Kier molecular flexibility index (Phi) is 2.92. The predicted octanol–water partition coefficient (Wildman–Crippen LogP) is 2.48.